The van der Waals surface area contributed by atoms with Gasteiger partial charge in [0.15, 0.2) is 0 Å². The molecule has 0 fully saturated rings. The Kier molecular flexibility index (Phi) is 4.01. The van der Waals surface area contributed by atoms with Crippen LogP contribution in [-0.2, 0) is 0 Å². The Hall–Kier alpha value is 0.737. The van der Waals surface area contributed by atoms with Gasteiger partial charge in [0.25, 0.3) is 0 Å². The third-order valence-electron chi connectivity index (χ3n) is 3.65. The van der Waals surface area contributed by atoms with E-state index in [0.29, 0.717) is 0 Å². The van der Waals surface area contributed by atoms with Crippen LogP contribution in [0.5, 0.6) is 0 Å². The first-order valence-electron chi connectivity index (χ1n) is 7.13. The average Bonchev–Trinajstić information content (AvgIpc) is 2.90. The van der Waals surface area contributed by atoms with Crippen LogP contribution in [-0.4, -0.2) is 36.8 Å². The zero-order chi connectivity index (χ0) is 14.7. The van der Waals surface area contributed by atoms with Crippen molar-refractivity contribution in [1.29, 1.82) is 0 Å². The van der Waals surface area contributed by atoms with Gasteiger partial charge in [-0.15, -0.1) is 0 Å². The second-order valence-corrected chi connectivity index (χ2v) is 40.6. The van der Waals surface area contributed by atoms with Crippen LogP contribution in [0.3, 0.4) is 0 Å². The fraction of sp³-hybridized carbons (Fsp3) is 0.375. The van der Waals surface area contributed by atoms with E-state index in [4.69, 9.17) is 0 Å². The third-order valence-corrected chi connectivity index (χ3v) is 25.0. The van der Waals surface area contributed by atoms with Crippen LogP contribution in [0.4, 0.5) is 0 Å². The molecule has 0 aliphatic heterocycles. The monoisotopic (exact) mass is 518 g/mol. The van der Waals surface area contributed by atoms with Crippen molar-refractivity contribution in [2.24, 2.45) is 0 Å². The van der Waals surface area contributed by atoms with Crippen LogP contribution in [0.2, 0.25) is 29.6 Å². The number of benzene rings is 1. The summed E-state index contributed by atoms with van der Waals surface area (Å²) in [6.07, 6.45) is 0. The van der Waals surface area contributed by atoms with Gasteiger partial charge in [0.1, 0.15) is 0 Å². The van der Waals surface area contributed by atoms with Gasteiger partial charge in [0.2, 0.25) is 0 Å². The van der Waals surface area contributed by atoms with Crippen molar-refractivity contribution in [2.75, 3.05) is 0 Å². The summed E-state index contributed by atoms with van der Waals surface area (Å²) in [6.45, 7) is 0. The molecule has 0 unspecified atom stereocenters. The van der Waals surface area contributed by atoms with E-state index in [-0.39, 0.29) is 0 Å². The Balaban J connectivity index is 2.30. The Bertz CT molecular complexity index is 715. The molecule has 1 aromatic carbocycles. The van der Waals surface area contributed by atoms with Gasteiger partial charge >= 0.3 is 139 Å². The molecule has 0 atom stereocenters. The van der Waals surface area contributed by atoms with Crippen molar-refractivity contribution in [3.63, 3.8) is 0 Å². The first-order valence-corrected chi connectivity index (χ1v) is 28.7. The van der Waals surface area contributed by atoms with E-state index in [0.717, 1.165) is 0 Å². The molecule has 2 heterocycles. The third kappa shape index (κ3) is 2.82. The predicted molar refractivity (Wildman–Crippen MR) is 103 cm³/mol. The minimum absolute atomic E-state index is 1.47. The van der Waals surface area contributed by atoms with E-state index >= 15 is 0 Å². The molecule has 0 N–H and O–H groups in total. The number of thiophene rings is 2. The van der Waals surface area contributed by atoms with E-state index in [2.05, 4.69) is 76.6 Å². The molecule has 0 radical (unpaired) electrons. The molecule has 0 saturated carbocycles. The summed E-state index contributed by atoms with van der Waals surface area (Å²) < 4.78 is 6.51. The summed E-state index contributed by atoms with van der Waals surface area (Å²) in [5, 5.41) is 2.95. The summed E-state index contributed by atoms with van der Waals surface area (Å²) in [6, 6.07) is 9.64. The van der Waals surface area contributed by atoms with Gasteiger partial charge in [-0.1, -0.05) is 0 Å². The molecule has 2 aromatic heterocycles. The van der Waals surface area contributed by atoms with Gasteiger partial charge in [-0.3, -0.25) is 0 Å². The van der Waals surface area contributed by atoms with Gasteiger partial charge in [-0.25, -0.2) is 0 Å². The molecule has 0 spiro atoms. The SMILES string of the molecule is [CH3][Sn]([CH3])([CH3])[c]1cc2ccc3c[c]([Sn]([CH3])([CH3])[CH3])sc3c2s1. The second-order valence-electron chi connectivity index (χ2n) is 7.62. The van der Waals surface area contributed by atoms with Crippen LogP contribution >= 0.6 is 22.7 Å². The van der Waals surface area contributed by atoms with Gasteiger partial charge < -0.3 is 0 Å². The Morgan fingerprint density at radius 1 is 0.650 bits per heavy atom. The number of hydrogen-bond acceptors (Lipinski definition) is 2. The number of hydrogen-bond donors (Lipinski definition) is 0. The molecule has 3 aromatic rings. The van der Waals surface area contributed by atoms with Crippen molar-refractivity contribution in [1.82, 2.24) is 0 Å². The van der Waals surface area contributed by atoms with Crippen LogP contribution in [0, 0.1) is 0 Å². The molecular weight excluding hydrogens is 494 g/mol. The topological polar surface area (TPSA) is 0 Å². The molecule has 3 rings (SSSR count). The summed E-state index contributed by atoms with van der Waals surface area (Å²) in [5.74, 6) is 0. The van der Waals surface area contributed by atoms with Crippen molar-refractivity contribution < 1.29 is 0 Å². The minimum atomic E-state index is -1.94. The normalized spacial score (nSPS) is 13.5. The molecule has 0 saturated heterocycles. The van der Waals surface area contributed by atoms with Crippen molar-refractivity contribution >= 4 is 85.4 Å². The molecule has 4 heteroatoms. The fourth-order valence-electron chi connectivity index (χ4n) is 2.33. The van der Waals surface area contributed by atoms with Crippen molar-refractivity contribution in [3.05, 3.63) is 24.3 Å². The summed E-state index contributed by atoms with van der Waals surface area (Å²) in [4.78, 5) is 15.1. The quantitative estimate of drug-likeness (QED) is 0.411. The molecule has 106 valence electrons. The molecule has 0 aliphatic rings. The molecule has 0 bridgehead atoms. The maximum absolute atomic E-state index is 2.52. The Morgan fingerprint density at radius 3 is 1.30 bits per heavy atom. The van der Waals surface area contributed by atoms with Crippen LogP contribution in [0.15, 0.2) is 24.3 Å². The molecule has 0 nitrogen and oxygen atoms in total. The van der Waals surface area contributed by atoms with Gasteiger partial charge in [0.05, 0.1) is 0 Å². The molecule has 0 amide bonds. The first kappa shape index (κ1) is 15.6. The maximum atomic E-state index is 2.52. The van der Waals surface area contributed by atoms with Gasteiger partial charge in [0, 0.05) is 0 Å². The van der Waals surface area contributed by atoms with Crippen molar-refractivity contribution in [3.8, 4) is 0 Å². The van der Waals surface area contributed by atoms with Crippen LogP contribution < -0.4 is 5.79 Å². The van der Waals surface area contributed by atoms with Gasteiger partial charge in [-0.05, 0) is 0 Å². The summed E-state index contributed by atoms with van der Waals surface area (Å²) in [7, 11) is 0. The Labute approximate surface area is 137 Å². The second kappa shape index (κ2) is 5.13. The van der Waals surface area contributed by atoms with E-state index in [1.54, 1.807) is 15.2 Å². The van der Waals surface area contributed by atoms with Gasteiger partial charge in [-0.2, -0.15) is 0 Å². The summed E-state index contributed by atoms with van der Waals surface area (Å²) in [5.41, 5.74) is 0. The average molecular weight is 516 g/mol. The van der Waals surface area contributed by atoms with E-state index < -0.39 is 36.8 Å². The fourth-order valence-corrected chi connectivity index (χ4v) is 15.3. The Morgan fingerprint density at radius 2 is 1.00 bits per heavy atom. The zero-order valence-electron chi connectivity index (χ0n) is 13.1. The first-order chi connectivity index (χ1) is 9.16. The molecule has 20 heavy (non-hydrogen) atoms. The van der Waals surface area contributed by atoms with E-state index in [9.17, 15) is 0 Å². The van der Waals surface area contributed by atoms with Crippen LogP contribution in [0.1, 0.15) is 0 Å². The van der Waals surface area contributed by atoms with E-state index in [1.807, 2.05) is 0 Å². The number of fused-ring (bicyclic) bond motifs is 3. The predicted octanol–water partition coefficient (Wildman–Crippen LogP) is 5.21. The van der Waals surface area contributed by atoms with Crippen molar-refractivity contribution in [2.45, 2.75) is 29.6 Å². The van der Waals surface area contributed by atoms with Crippen LogP contribution in [0.25, 0.3) is 20.2 Å². The zero-order valence-corrected chi connectivity index (χ0v) is 20.5. The van der Waals surface area contributed by atoms with E-state index in [1.165, 1.54) is 10.8 Å². The standard InChI is InChI=1S/C10H4S2.6CH3.2Sn/c1-2-8-4-6-12-10(8)9-7(1)3-5-11-9;;;;;;;;/h1-4H;6*1H3;;. The number of rotatable bonds is 2. The molecule has 0 aliphatic carbocycles. The molecular formula is C16H22S2Sn2. The summed E-state index contributed by atoms with van der Waals surface area (Å²) >= 11 is 0.293.